The van der Waals surface area contributed by atoms with Crippen molar-refractivity contribution in [3.05, 3.63) is 16.7 Å². The number of nitrogens with zero attached hydrogens (tertiary/aromatic N) is 2. The van der Waals surface area contributed by atoms with Gasteiger partial charge in [-0.1, -0.05) is 0 Å². The smallest absolute Gasteiger partial charge is 0.326 e. The molecule has 0 spiro atoms. The zero-order valence-electron chi connectivity index (χ0n) is 10.0. The average Bonchev–Trinajstić information content (AvgIpc) is 2.30. The first-order valence-electron chi connectivity index (χ1n) is 5.35. The number of rotatable bonds is 5. The molecule has 18 heavy (non-hydrogen) atoms. The van der Waals surface area contributed by atoms with Crippen LogP contribution in [-0.4, -0.2) is 40.3 Å². The molecule has 0 saturated heterocycles. The molecular weight excluding hydrogens is 258 g/mol. The number of carbonyl (C=O) groups is 2. The molecule has 8 heteroatoms. The van der Waals surface area contributed by atoms with E-state index in [0.29, 0.717) is 0 Å². The van der Waals surface area contributed by atoms with Gasteiger partial charge in [-0.3, -0.25) is 14.7 Å². The molecule has 0 unspecified atom stereocenters. The van der Waals surface area contributed by atoms with Gasteiger partial charge in [-0.05, 0) is 26.1 Å². The van der Waals surface area contributed by atoms with Crippen molar-refractivity contribution in [3.63, 3.8) is 0 Å². The lowest BCUT2D eigenvalue weighted by atomic mass is 10.1. The fraction of sp³-hybridized carbons (Fsp3) is 0.500. The van der Waals surface area contributed by atoms with Crippen LogP contribution in [0.4, 0.5) is 0 Å². The van der Waals surface area contributed by atoms with Crippen molar-refractivity contribution < 1.29 is 19.1 Å². The van der Waals surface area contributed by atoms with E-state index in [-0.39, 0.29) is 23.7 Å². The van der Waals surface area contributed by atoms with Gasteiger partial charge in [0.05, 0.1) is 25.1 Å². The van der Waals surface area contributed by atoms with Gasteiger partial charge >= 0.3 is 11.9 Å². The van der Waals surface area contributed by atoms with E-state index in [1.54, 1.807) is 13.8 Å². The Bertz CT molecular complexity index is 470. The number of nitrogens with one attached hydrogen (secondary N) is 1. The Morgan fingerprint density at radius 1 is 1.33 bits per heavy atom. The molecule has 7 nitrogen and oxygen atoms in total. The number of aromatic amines is 1. The normalized spacial score (nSPS) is 10.2. The van der Waals surface area contributed by atoms with E-state index in [1.165, 1.54) is 6.20 Å². The van der Waals surface area contributed by atoms with Crippen molar-refractivity contribution in [3.8, 4) is 0 Å². The molecule has 1 heterocycles. The number of esters is 2. The highest BCUT2D eigenvalue weighted by Gasteiger charge is 2.33. The summed E-state index contributed by atoms with van der Waals surface area (Å²) in [5.41, 5.74) is 0.107. The van der Waals surface area contributed by atoms with Crippen molar-refractivity contribution in [1.29, 1.82) is 0 Å². The Labute approximate surface area is 109 Å². The number of aromatic nitrogens is 3. The SMILES string of the molecule is CCOC(=O)C(C(=O)OCC)c1cn[nH]c(=S)n1. The molecule has 0 saturated carbocycles. The van der Waals surface area contributed by atoms with Crippen LogP contribution >= 0.6 is 12.2 Å². The van der Waals surface area contributed by atoms with Crippen LogP contribution in [0.5, 0.6) is 0 Å². The van der Waals surface area contributed by atoms with Gasteiger partial charge in [-0.25, -0.2) is 4.98 Å². The lowest BCUT2D eigenvalue weighted by molar-refractivity contribution is -0.157. The van der Waals surface area contributed by atoms with Crippen LogP contribution in [0.15, 0.2) is 6.20 Å². The predicted octanol–water partition coefficient (Wildman–Crippen LogP) is 0.744. The molecule has 1 rings (SSSR count). The zero-order chi connectivity index (χ0) is 13.5. The van der Waals surface area contributed by atoms with E-state index >= 15 is 0 Å². The fourth-order valence-corrected chi connectivity index (χ4v) is 1.41. The van der Waals surface area contributed by atoms with Crippen LogP contribution in [0, 0.1) is 4.77 Å². The Morgan fingerprint density at radius 2 is 1.89 bits per heavy atom. The molecule has 0 amide bonds. The molecule has 1 aromatic rings. The Hall–Kier alpha value is -1.83. The number of carbonyl (C=O) groups excluding carboxylic acids is 2. The summed E-state index contributed by atoms with van der Waals surface area (Å²) in [6, 6.07) is 0. The first-order valence-corrected chi connectivity index (χ1v) is 5.75. The Morgan fingerprint density at radius 3 is 2.33 bits per heavy atom. The monoisotopic (exact) mass is 271 g/mol. The molecule has 1 N–H and O–H groups in total. The molecule has 0 atom stereocenters. The summed E-state index contributed by atoms with van der Waals surface area (Å²) in [6.45, 7) is 3.59. The first-order chi connectivity index (χ1) is 8.60. The van der Waals surface area contributed by atoms with Crippen molar-refractivity contribution in [2.75, 3.05) is 13.2 Å². The molecule has 0 aromatic carbocycles. The summed E-state index contributed by atoms with van der Waals surface area (Å²) >= 11 is 4.79. The summed E-state index contributed by atoms with van der Waals surface area (Å²) in [5, 5.41) is 6.10. The van der Waals surface area contributed by atoms with Crippen LogP contribution in [0.1, 0.15) is 25.5 Å². The minimum atomic E-state index is -1.26. The van der Waals surface area contributed by atoms with Gasteiger partial charge in [0, 0.05) is 0 Å². The Kier molecular flexibility index (Phi) is 5.37. The number of hydrogen-bond donors (Lipinski definition) is 1. The standard InChI is InChI=1S/C10H13N3O4S/c1-3-16-8(14)7(9(15)17-4-2)6-5-11-13-10(18)12-6/h5,7H,3-4H2,1-2H3,(H,12,13,18). The summed E-state index contributed by atoms with van der Waals surface area (Å²) < 4.78 is 9.70. The molecule has 0 fully saturated rings. The zero-order valence-corrected chi connectivity index (χ0v) is 10.8. The van der Waals surface area contributed by atoms with Crippen molar-refractivity contribution in [2.24, 2.45) is 0 Å². The maximum atomic E-state index is 11.7. The highest BCUT2D eigenvalue weighted by molar-refractivity contribution is 7.71. The lowest BCUT2D eigenvalue weighted by Gasteiger charge is -2.12. The van der Waals surface area contributed by atoms with Crippen molar-refractivity contribution in [2.45, 2.75) is 19.8 Å². The predicted molar refractivity (Wildman–Crippen MR) is 63.2 cm³/mol. The molecule has 0 aliphatic carbocycles. The summed E-state index contributed by atoms with van der Waals surface area (Å²) in [6.07, 6.45) is 1.24. The topological polar surface area (TPSA) is 94.2 Å². The minimum Gasteiger partial charge on any atom is -0.465 e. The van der Waals surface area contributed by atoms with E-state index in [2.05, 4.69) is 15.2 Å². The third-order valence-corrected chi connectivity index (χ3v) is 2.11. The van der Waals surface area contributed by atoms with E-state index in [9.17, 15) is 9.59 Å². The van der Waals surface area contributed by atoms with Gasteiger partial charge in [-0.2, -0.15) is 5.10 Å². The second-order valence-corrected chi connectivity index (χ2v) is 3.54. The van der Waals surface area contributed by atoms with E-state index in [4.69, 9.17) is 21.7 Å². The van der Waals surface area contributed by atoms with Gasteiger partial charge in [0.25, 0.3) is 0 Å². The van der Waals surface area contributed by atoms with Crippen LogP contribution in [0.25, 0.3) is 0 Å². The van der Waals surface area contributed by atoms with E-state index in [0.717, 1.165) is 0 Å². The second-order valence-electron chi connectivity index (χ2n) is 3.15. The van der Waals surface area contributed by atoms with Crippen LogP contribution in [-0.2, 0) is 19.1 Å². The summed E-state index contributed by atoms with van der Waals surface area (Å²) in [4.78, 5) is 27.3. The first kappa shape index (κ1) is 14.2. The van der Waals surface area contributed by atoms with Crippen LogP contribution < -0.4 is 0 Å². The molecule has 0 aliphatic rings. The molecule has 98 valence electrons. The highest BCUT2D eigenvalue weighted by Crippen LogP contribution is 2.16. The lowest BCUT2D eigenvalue weighted by Crippen LogP contribution is -2.27. The number of H-pyrrole nitrogens is 1. The number of ether oxygens (including phenoxy) is 2. The molecule has 1 aromatic heterocycles. The molecular formula is C10H13N3O4S. The Balaban J connectivity index is 3.07. The van der Waals surface area contributed by atoms with Gasteiger partial charge in [0.1, 0.15) is 0 Å². The van der Waals surface area contributed by atoms with Crippen LogP contribution in [0.2, 0.25) is 0 Å². The highest BCUT2D eigenvalue weighted by atomic mass is 32.1. The maximum Gasteiger partial charge on any atom is 0.326 e. The average molecular weight is 271 g/mol. The number of hydrogen-bond acceptors (Lipinski definition) is 7. The van der Waals surface area contributed by atoms with E-state index in [1.807, 2.05) is 0 Å². The van der Waals surface area contributed by atoms with Crippen molar-refractivity contribution >= 4 is 24.2 Å². The fourth-order valence-electron chi connectivity index (χ4n) is 1.25. The van der Waals surface area contributed by atoms with E-state index < -0.39 is 17.9 Å². The van der Waals surface area contributed by atoms with Gasteiger partial charge in [0.2, 0.25) is 4.77 Å². The van der Waals surface area contributed by atoms with Gasteiger partial charge in [-0.15, -0.1) is 0 Å². The van der Waals surface area contributed by atoms with Gasteiger partial charge < -0.3 is 9.47 Å². The maximum absolute atomic E-state index is 11.7. The second kappa shape index (κ2) is 6.80. The van der Waals surface area contributed by atoms with Crippen LogP contribution in [0.3, 0.4) is 0 Å². The van der Waals surface area contributed by atoms with Gasteiger partial charge in [0.15, 0.2) is 5.92 Å². The molecule has 0 aliphatic heterocycles. The minimum absolute atomic E-state index is 0.0751. The molecule has 0 radical (unpaired) electrons. The quantitative estimate of drug-likeness (QED) is 0.479. The summed E-state index contributed by atoms with van der Waals surface area (Å²) in [5.74, 6) is -2.72. The third-order valence-electron chi connectivity index (χ3n) is 1.93. The third kappa shape index (κ3) is 3.59. The van der Waals surface area contributed by atoms with Crippen molar-refractivity contribution in [1.82, 2.24) is 15.2 Å². The largest absolute Gasteiger partial charge is 0.465 e. The summed E-state index contributed by atoms with van der Waals surface area (Å²) in [7, 11) is 0. The molecule has 0 bridgehead atoms.